The Labute approximate surface area is 51.7 Å². The molecule has 0 rings (SSSR count). The quantitative estimate of drug-likeness (QED) is 0.521. The Morgan fingerprint density at radius 2 is 1.89 bits per heavy atom. The highest BCUT2D eigenvalue weighted by Crippen LogP contribution is 2.18. The van der Waals surface area contributed by atoms with Crippen LogP contribution in [0.2, 0.25) is 0 Å². The SMILES string of the molecule is C=CC(F)(F)[CH]C=CF. The molecule has 0 nitrogen and oxygen atoms in total. The van der Waals surface area contributed by atoms with E-state index in [1.807, 2.05) is 0 Å². The van der Waals surface area contributed by atoms with E-state index < -0.39 is 5.92 Å². The zero-order valence-electron chi connectivity index (χ0n) is 4.65. The van der Waals surface area contributed by atoms with E-state index in [2.05, 4.69) is 6.58 Å². The molecule has 0 atom stereocenters. The van der Waals surface area contributed by atoms with Crippen LogP contribution < -0.4 is 0 Å². The Balaban J connectivity index is 3.71. The lowest BCUT2D eigenvalue weighted by molar-refractivity contribution is 0.0975. The van der Waals surface area contributed by atoms with Gasteiger partial charge in [-0.1, -0.05) is 6.58 Å². The second kappa shape index (κ2) is 3.33. The first-order valence-electron chi connectivity index (χ1n) is 2.25. The molecule has 0 amide bonds. The van der Waals surface area contributed by atoms with Gasteiger partial charge in [0.05, 0.1) is 12.8 Å². The number of hydrogen-bond donors (Lipinski definition) is 0. The highest BCUT2D eigenvalue weighted by molar-refractivity contribution is 5.07. The van der Waals surface area contributed by atoms with Crippen molar-refractivity contribution in [3.63, 3.8) is 0 Å². The number of halogens is 3. The van der Waals surface area contributed by atoms with Crippen molar-refractivity contribution >= 4 is 0 Å². The van der Waals surface area contributed by atoms with Gasteiger partial charge < -0.3 is 0 Å². The lowest BCUT2D eigenvalue weighted by Gasteiger charge is -2.04. The van der Waals surface area contributed by atoms with Crippen LogP contribution in [0, 0.1) is 6.42 Å². The molecule has 9 heavy (non-hydrogen) atoms. The van der Waals surface area contributed by atoms with Gasteiger partial charge in [0.2, 0.25) is 0 Å². The fourth-order valence-electron chi connectivity index (χ4n) is 0.233. The summed E-state index contributed by atoms with van der Waals surface area (Å²) in [5.41, 5.74) is 0. The summed E-state index contributed by atoms with van der Waals surface area (Å²) in [6.45, 7) is 2.85. The summed E-state index contributed by atoms with van der Waals surface area (Å²) in [7, 11) is 0. The van der Waals surface area contributed by atoms with E-state index in [1.54, 1.807) is 0 Å². The average Bonchev–Trinajstić information content (AvgIpc) is 1.84. The monoisotopic (exact) mass is 135 g/mol. The van der Waals surface area contributed by atoms with Crippen molar-refractivity contribution in [2.45, 2.75) is 5.92 Å². The Bertz CT molecular complexity index is 115. The van der Waals surface area contributed by atoms with Crippen molar-refractivity contribution < 1.29 is 13.2 Å². The third kappa shape index (κ3) is 3.82. The van der Waals surface area contributed by atoms with E-state index >= 15 is 0 Å². The number of allylic oxidation sites excluding steroid dienone is 2. The van der Waals surface area contributed by atoms with Crippen LogP contribution in [0.1, 0.15) is 0 Å². The van der Waals surface area contributed by atoms with Crippen molar-refractivity contribution in [2.75, 3.05) is 0 Å². The molecule has 1 radical (unpaired) electrons. The third-order valence-corrected chi connectivity index (χ3v) is 0.663. The van der Waals surface area contributed by atoms with E-state index in [-0.39, 0.29) is 6.33 Å². The summed E-state index contributed by atoms with van der Waals surface area (Å²) < 4.78 is 35.0. The van der Waals surface area contributed by atoms with Gasteiger partial charge in [-0.3, -0.25) is 0 Å². The maximum Gasteiger partial charge on any atom is 0.273 e. The van der Waals surface area contributed by atoms with Gasteiger partial charge in [0.15, 0.2) is 0 Å². The lowest BCUT2D eigenvalue weighted by Crippen LogP contribution is -2.09. The van der Waals surface area contributed by atoms with Crippen LogP contribution in [0.3, 0.4) is 0 Å². The molecule has 0 aliphatic heterocycles. The minimum absolute atomic E-state index is 0.0391. The van der Waals surface area contributed by atoms with Gasteiger partial charge in [-0.15, -0.1) is 0 Å². The van der Waals surface area contributed by atoms with Gasteiger partial charge in [-0.05, 0) is 12.2 Å². The summed E-state index contributed by atoms with van der Waals surface area (Å²) in [5.74, 6) is -3.09. The molecule has 0 aromatic heterocycles. The zero-order valence-corrected chi connectivity index (χ0v) is 4.65. The molecule has 0 heterocycles. The Morgan fingerprint density at radius 3 is 2.22 bits per heavy atom. The van der Waals surface area contributed by atoms with Crippen LogP contribution in [-0.4, -0.2) is 5.92 Å². The van der Waals surface area contributed by atoms with Crippen molar-refractivity contribution in [1.29, 1.82) is 0 Å². The molecule has 0 aromatic rings. The minimum Gasteiger partial charge on any atom is -0.216 e. The van der Waals surface area contributed by atoms with Gasteiger partial charge in [0.25, 0.3) is 5.92 Å². The first-order chi connectivity index (χ1) is 4.12. The van der Waals surface area contributed by atoms with Crippen molar-refractivity contribution in [3.8, 4) is 0 Å². The Kier molecular flexibility index (Phi) is 3.06. The fraction of sp³-hybridized carbons (Fsp3) is 0.167. The van der Waals surface area contributed by atoms with Gasteiger partial charge >= 0.3 is 0 Å². The smallest absolute Gasteiger partial charge is 0.216 e. The van der Waals surface area contributed by atoms with Crippen LogP contribution in [0.15, 0.2) is 25.1 Å². The Hall–Kier alpha value is -0.730. The Morgan fingerprint density at radius 1 is 1.33 bits per heavy atom. The predicted molar refractivity (Wildman–Crippen MR) is 29.7 cm³/mol. The van der Waals surface area contributed by atoms with Crippen LogP contribution >= 0.6 is 0 Å². The van der Waals surface area contributed by atoms with E-state index in [1.165, 1.54) is 0 Å². The molecule has 51 valence electrons. The molecule has 0 aliphatic rings. The van der Waals surface area contributed by atoms with E-state index in [4.69, 9.17) is 0 Å². The highest BCUT2D eigenvalue weighted by Gasteiger charge is 2.21. The molecular formula is C6H6F3. The van der Waals surface area contributed by atoms with Gasteiger partial charge in [-0.25, -0.2) is 13.2 Å². The molecule has 0 spiro atoms. The summed E-state index contributed by atoms with van der Waals surface area (Å²) in [4.78, 5) is 0. The first-order valence-corrected chi connectivity index (χ1v) is 2.25. The first kappa shape index (κ1) is 8.27. The summed E-state index contributed by atoms with van der Waals surface area (Å²) >= 11 is 0. The maximum absolute atomic E-state index is 11.9. The topological polar surface area (TPSA) is 0 Å². The van der Waals surface area contributed by atoms with Gasteiger partial charge in [-0.2, -0.15) is 0 Å². The summed E-state index contributed by atoms with van der Waals surface area (Å²) in [6, 6.07) is 0. The largest absolute Gasteiger partial charge is 0.273 e. The molecule has 0 aliphatic carbocycles. The maximum atomic E-state index is 11.9. The molecule has 0 saturated carbocycles. The predicted octanol–water partition coefficient (Wildman–Crippen LogP) is 2.50. The molecular weight excluding hydrogens is 129 g/mol. The third-order valence-electron chi connectivity index (χ3n) is 0.663. The molecule has 0 saturated heterocycles. The highest BCUT2D eigenvalue weighted by atomic mass is 19.3. The van der Waals surface area contributed by atoms with E-state index in [9.17, 15) is 13.2 Å². The van der Waals surface area contributed by atoms with Crippen molar-refractivity contribution in [3.05, 3.63) is 31.5 Å². The molecule has 0 bridgehead atoms. The van der Waals surface area contributed by atoms with Crippen LogP contribution in [0.4, 0.5) is 13.2 Å². The lowest BCUT2D eigenvalue weighted by atomic mass is 10.2. The number of rotatable bonds is 3. The van der Waals surface area contributed by atoms with E-state index in [0.29, 0.717) is 18.6 Å². The van der Waals surface area contributed by atoms with Crippen LogP contribution in [0.5, 0.6) is 0 Å². The average molecular weight is 135 g/mol. The zero-order chi connectivity index (χ0) is 7.33. The number of alkyl halides is 2. The number of hydrogen-bond acceptors (Lipinski definition) is 0. The van der Waals surface area contributed by atoms with Crippen molar-refractivity contribution in [2.24, 2.45) is 0 Å². The summed E-state index contributed by atoms with van der Waals surface area (Å²) in [6.07, 6.45) is 1.52. The molecule has 0 N–H and O–H groups in total. The van der Waals surface area contributed by atoms with Crippen molar-refractivity contribution in [1.82, 2.24) is 0 Å². The van der Waals surface area contributed by atoms with Gasteiger partial charge in [0.1, 0.15) is 0 Å². The fourth-order valence-corrected chi connectivity index (χ4v) is 0.233. The molecule has 0 aromatic carbocycles. The van der Waals surface area contributed by atoms with Crippen LogP contribution in [-0.2, 0) is 0 Å². The standard InChI is InChI=1S/C6H6F3/c1-2-6(8,9)4-3-5-7/h2-5H,1H2. The molecule has 3 heteroatoms. The van der Waals surface area contributed by atoms with E-state index in [0.717, 1.165) is 0 Å². The summed E-state index contributed by atoms with van der Waals surface area (Å²) in [5, 5.41) is 0. The van der Waals surface area contributed by atoms with Crippen LogP contribution in [0.25, 0.3) is 0 Å². The molecule has 0 fully saturated rings. The second-order valence-electron chi connectivity index (χ2n) is 1.36. The minimum atomic E-state index is -3.09. The van der Waals surface area contributed by atoms with Gasteiger partial charge in [0, 0.05) is 0 Å². The molecule has 0 unspecified atom stereocenters. The second-order valence-corrected chi connectivity index (χ2v) is 1.36. The normalized spacial score (nSPS) is 12.3.